The van der Waals surface area contributed by atoms with Crippen LogP contribution in [0, 0.1) is 12.8 Å². The van der Waals surface area contributed by atoms with Crippen LogP contribution in [0.5, 0.6) is 0 Å². The molecule has 7 heteroatoms. The summed E-state index contributed by atoms with van der Waals surface area (Å²) in [5.41, 5.74) is 4.58. The molecule has 2 rings (SSSR count). The maximum Gasteiger partial charge on any atom is 0.265 e. The molecule has 0 aliphatic carbocycles. The Morgan fingerprint density at radius 2 is 2.14 bits per heavy atom. The summed E-state index contributed by atoms with van der Waals surface area (Å²) in [6, 6.07) is 1.43. The zero-order chi connectivity index (χ0) is 16.4. The van der Waals surface area contributed by atoms with Crippen LogP contribution in [0.1, 0.15) is 32.0 Å². The average Bonchev–Trinajstić information content (AvgIpc) is 2.76. The van der Waals surface area contributed by atoms with E-state index in [1.54, 1.807) is 12.4 Å². The van der Waals surface area contributed by atoms with Crippen molar-refractivity contribution in [2.45, 2.75) is 40.2 Å². The number of nitrogens with zero attached hydrogens (tertiary/aromatic N) is 2. The zero-order valence-electron chi connectivity index (χ0n) is 13.1. The van der Waals surface area contributed by atoms with E-state index in [2.05, 4.69) is 40.1 Å². The number of hydroxylamine groups is 1. The zero-order valence-corrected chi connectivity index (χ0v) is 14.7. The summed E-state index contributed by atoms with van der Waals surface area (Å²) in [7, 11) is 0. The Hall–Kier alpha value is -1.60. The molecule has 2 aromatic heterocycles. The number of aromatic nitrogens is 2. The molecule has 0 aromatic carbocycles. The fourth-order valence-corrected chi connectivity index (χ4v) is 2.93. The molecule has 0 radical (unpaired) electrons. The molecule has 1 unspecified atom stereocenters. The predicted molar refractivity (Wildman–Crippen MR) is 89.2 cm³/mol. The monoisotopic (exact) mass is 368 g/mol. The second-order valence-electron chi connectivity index (χ2n) is 5.88. The minimum atomic E-state index is -0.579. The van der Waals surface area contributed by atoms with Crippen LogP contribution in [0.2, 0.25) is 0 Å². The molecule has 0 saturated carbocycles. The standard InChI is InChI=1S/C15H21BrN4O2/c1-8(2)5-12-13(17-10(4)15(21)19-22)18-14-9(3)6-11(16)7-20(12)14/h6-8,10,17,22H,5H2,1-4H3,(H,19,21). The van der Waals surface area contributed by atoms with Gasteiger partial charge in [-0.15, -0.1) is 0 Å². The van der Waals surface area contributed by atoms with E-state index in [4.69, 9.17) is 5.21 Å². The van der Waals surface area contributed by atoms with E-state index >= 15 is 0 Å². The van der Waals surface area contributed by atoms with Gasteiger partial charge in [-0.3, -0.25) is 10.0 Å². The van der Waals surface area contributed by atoms with E-state index in [-0.39, 0.29) is 0 Å². The number of pyridine rings is 1. The third kappa shape index (κ3) is 3.41. The highest BCUT2D eigenvalue weighted by Gasteiger charge is 2.19. The number of imidazole rings is 1. The quantitative estimate of drug-likeness (QED) is 0.559. The number of carbonyl (C=O) groups is 1. The number of anilines is 1. The van der Waals surface area contributed by atoms with Crippen LogP contribution in [-0.2, 0) is 11.2 Å². The summed E-state index contributed by atoms with van der Waals surface area (Å²) in [6.07, 6.45) is 2.81. The van der Waals surface area contributed by atoms with Crippen molar-refractivity contribution in [1.29, 1.82) is 0 Å². The number of hydrogen-bond donors (Lipinski definition) is 3. The average molecular weight is 369 g/mol. The summed E-state index contributed by atoms with van der Waals surface area (Å²) >= 11 is 3.51. The maximum atomic E-state index is 11.5. The normalized spacial score (nSPS) is 12.7. The largest absolute Gasteiger partial charge is 0.357 e. The first-order chi connectivity index (χ1) is 10.3. The first kappa shape index (κ1) is 16.8. The Balaban J connectivity index is 2.52. The van der Waals surface area contributed by atoms with E-state index in [0.29, 0.717) is 11.7 Å². The van der Waals surface area contributed by atoms with Gasteiger partial charge in [0, 0.05) is 10.7 Å². The lowest BCUT2D eigenvalue weighted by Crippen LogP contribution is -2.36. The molecule has 1 amide bonds. The van der Waals surface area contributed by atoms with Crippen molar-refractivity contribution in [3.05, 3.63) is 28.0 Å². The SMILES string of the molecule is Cc1cc(Br)cn2c(CC(C)C)c(NC(C)C(=O)NO)nc12. The van der Waals surface area contributed by atoms with Gasteiger partial charge in [-0.25, -0.2) is 10.5 Å². The number of aryl methyl sites for hydroxylation is 1. The molecular weight excluding hydrogens is 348 g/mol. The highest BCUT2D eigenvalue weighted by molar-refractivity contribution is 9.10. The maximum absolute atomic E-state index is 11.5. The number of hydrogen-bond acceptors (Lipinski definition) is 4. The first-order valence-electron chi connectivity index (χ1n) is 7.21. The Kier molecular flexibility index (Phi) is 5.08. The number of fused-ring (bicyclic) bond motifs is 1. The lowest BCUT2D eigenvalue weighted by molar-refractivity contribution is -0.129. The second-order valence-corrected chi connectivity index (χ2v) is 6.80. The predicted octanol–water partition coefficient (Wildman–Crippen LogP) is 2.91. The van der Waals surface area contributed by atoms with Gasteiger partial charge in [-0.2, -0.15) is 0 Å². The number of amides is 1. The van der Waals surface area contributed by atoms with E-state index in [1.807, 2.05) is 23.6 Å². The summed E-state index contributed by atoms with van der Waals surface area (Å²) in [4.78, 5) is 16.2. The van der Waals surface area contributed by atoms with Crippen molar-refractivity contribution in [3.8, 4) is 0 Å². The van der Waals surface area contributed by atoms with E-state index in [9.17, 15) is 4.79 Å². The smallest absolute Gasteiger partial charge is 0.265 e. The molecule has 0 bridgehead atoms. The highest BCUT2D eigenvalue weighted by Crippen LogP contribution is 2.26. The van der Waals surface area contributed by atoms with Crippen molar-refractivity contribution >= 4 is 33.3 Å². The molecule has 120 valence electrons. The second kappa shape index (κ2) is 6.66. The fourth-order valence-electron chi connectivity index (χ4n) is 2.38. The Morgan fingerprint density at radius 3 is 2.73 bits per heavy atom. The summed E-state index contributed by atoms with van der Waals surface area (Å²) in [5, 5.41) is 11.8. The van der Waals surface area contributed by atoms with Gasteiger partial charge in [0.2, 0.25) is 0 Å². The van der Waals surface area contributed by atoms with Crippen LogP contribution in [0.4, 0.5) is 5.82 Å². The van der Waals surface area contributed by atoms with Crippen LogP contribution in [0.15, 0.2) is 16.7 Å². The van der Waals surface area contributed by atoms with Crippen LogP contribution in [-0.4, -0.2) is 26.5 Å². The lowest BCUT2D eigenvalue weighted by atomic mass is 10.1. The van der Waals surface area contributed by atoms with Crippen molar-refractivity contribution < 1.29 is 10.0 Å². The Labute approximate surface area is 138 Å². The molecule has 0 fully saturated rings. The topological polar surface area (TPSA) is 78.7 Å². The van der Waals surface area contributed by atoms with Gasteiger partial charge in [0.05, 0.1) is 5.69 Å². The van der Waals surface area contributed by atoms with Crippen LogP contribution in [0.25, 0.3) is 5.65 Å². The molecule has 1 atom stereocenters. The van der Waals surface area contributed by atoms with E-state index in [1.165, 1.54) is 0 Å². The molecule has 0 spiro atoms. The minimum Gasteiger partial charge on any atom is -0.357 e. The van der Waals surface area contributed by atoms with E-state index in [0.717, 1.165) is 27.8 Å². The molecular formula is C15H21BrN4O2. The summed E-state index contributed by atoms with van der Waals surface area (Å²) < 4.78 is 3.03. The lowest BCUT2D eigenvalue weighted by Gasteiger charge is -2.13. The number of halogens is 1. The molecule has 22 heavy (non-hydrogen) atoms. The summed E-state index contributed by atoms with van der Waals surface area (Å²) in [5.74, 6) is 0.623. The Bertz CT molecular complexity index is 696. The van der Waals surface area contributed by atoms with Gasteiger partial charge in [0.1, 0.15) is 17.5 Å². The van der Waals surface area contributed by atoms with Gasteiger partial charge in [0.25, 0.3) is 5.91 Å². The number of nitrogens with one attached hydrogen (secondary N) is 2. The highest BCUT2D eigenvalue weighted by atomic mass is 79.9. The van der Waals surface area contributed by atoms with Gasteiger partial charge in [-0.1, -0.05) is 13.8 Å². The third-order valence-corrected chi connectivity index (χ3v) is 3.86. The van der Waals surface area contributed by atoms with Crippen molar-refractivity contribution in [3.63, 3.8) is 0 Å². The van der Waals surface area contributed by atoms with Crippen molar-refractivity contribution in [1.82, 2.24) is 14.9 Å². The van der Waals surface area contributed by atoms with Gasteiger partial charge < -0.3 is 9.72 Å². The van der Waals surface area contributed by atoms with Crippen molar-refractivity contribution in [2.24, 2.45) is 5.92 Å². The van der Waals surface area contributed by atoms with Crippen LogP contribution >= 0.6 is 15.9 Å². The summed E-state index contributed by atoms with van der Waals surface area (Å²) in [6.45, 7) is 7.95. The van der Waals surface area contributed by atoms with Gasteiger partial charge in [0.15, 0.2) is 0 Å². The third-order valence-electron chi connectivity index (χ3n) is 3.43. The number of carbonyl (C=O) groups excluding carboxylic acids is 1. The molecule has 0 saturated heterocycles. The molecule has 6 nitrogen and oxygen atoms in total. The molecule has 2 aromatic rings. The Morgan fingerprint density at radius 1 is 1.45 bits per heavy atom. The molecule has 3 N–H and O–H groups in total. The van der Waals surface area contributed by atoms with Gasteiger partial charge in [-0.05, 0) is 53.7 Å². The van der Waals surface area contributed by atoms with Crippen molar-refractivity contribution in [2.75, 3.05) is 5.32 Å². The van der Waals surface area contributed by atoms with E-state index < -0.39 is 11.9 Å². The molecule has 0 aliphatic heterocycles. The molecule has 0 aliphatic rings. The number of rotatable bonds is 5. The fraction of sp³-hybridized carbons (Fsp3) is 0.467. The first-order valence-corrected chi connectivity index (χ1v) is 8.00. The minimum absolute atomic E-state index is 0.446. The van der Waals surface area contributed by atoms with Crippen LogP contribution < -0.4 is 10.8 Å². The molecule has 2 heterocycles. The van der Waals surface area contributed by atoms with Gasteiger partial charge >= 0.3 is 0 Å². The van der Waals surface area contributed by atoms with Crippen LogP contribution in [0.3, 0.4) is 0 Å².